The second-order valence-electron chi connectivity index (χ2n) is 5.12. The molecule has 4 N–H and O–H groups in total. The van der Waals surface area contributed by atoms with E-state index in [4.69, 9.17) is 5.73 Å². The number of hydrogen-bond donors (Lipinski definition) is 3. The number of H-pyrrole nitrogens is 1. The number of aromatic nitrogens is 1. The van der Waals surface area contributed by atoms with E-state index < -0.39 is 0 Å². The highest BCUT2D eigenvalue weighted by Gasteiger charge is 2.08. The number of hydrogen-bond acceptors (Lipinski definition) is 3. The highest BCUT2D eigenvalue weighted by Crippen LogP contribution is 2.21. The molecule has 124 valence electrons. The molecule has 0 fully saturated rings. The van der Waals surface area contributed by atoms with Crippen LogP contribution in [0.15, 0.2) is 48.5 Å². The maximum absolute atomic E-state index is 12.2. The quantitative estimate of drug-likeness (QED) is 0.498. The first-order valence-corrected chi connectivity index (χ1v) is 7.83. The minimum absolute atomic E-state index is 0.0244. The highest BCUT2D eigenvalue weighted by atomic mass is 16.1. The van der Waals surface area contributed by atoms with E-state index in [-0.39, 0.29) is 11.7 Å². The van der Waals surface area contributed by atoms with Gasteiger partial charge < -0.3 is 16.0 Å². The van der Waals surface area contributed by atoms with Gasteiger partial charge in [-0.05, 0) is 48.5 Å². The minimum Gasteiger partial charge on any atom is -0.399 e. The van der Waals surface area contributed by atoms with Gasteiger partial charge in [0.2, 0.25) is 0 Å². The standard InChI is InChI=1S/C17H15N3O2.C2H6/c1-10(21)16-9-12-8-14(6-7-15(12)20-16)19-17(22)11-2-4-13(18)5-3-11;1-2/h2-9,20H,18H2,1H3,(H,19,22);1-2H3. The molecule has 2 aromatic carbocycles. The second-order valence-corrected chi connectivity index (χ2v) is 5.12. The third kappa shape index (κ3) is 3.81. The van der Waals surface area contributed by atoms with Gasteiger partial charge in [-0.1, -0.05) is 13.8 Å². The van der Waals surface area contributed by atoms with Crippen molar-refractivity contribution in [3.8, 4) is 0 Å². The fraction of sp³-hybridized carbons (Fsp3) is 0.158. The fourth-order valence-electron chi connectivity index (χ4n) is 2.24. The van der Waals surface area contributed by atoms with Crippen LogP contribution in [-0.2, 0) is 0 Å². The van der Waals surface area contributed by atoms with Gasteiger partial charge >= 0.3 is 0 Å². The van der Waals surface area contributed by atoms with Crippen LogP contribution in [0.4, 0.5) is 11.4 Å². The normalized spacial score (nSPS) is 9.96. The summed E-state index contributed by atoms with van der Waals surface area (Å²) in [7, 11) is 0. The number of aromatic amines is 1. The lowest BCUT2D eigenvalue weighted by Crippen LogP contribution is -2.11. The van der Waals surface area contributed by atoms with Crippen molar-refractivity contribution in [2.24, 2.45) is 0 Å². The Morgan fingerprint density at radius 1 is 1.00 bits per heavy atom. The molecule has 0 saturated carbocycles. The van der Waals surface area contributed by atoms with Crippen LogP contribution in [0.1, 0.15) is 41.6 Å². The fourth-order valence-corrected chi connectivity index (χ4v) is 2.24. The summed E-state index contributed by atoms with van der Waals surface area (Å²) in [5.41, 5.74) is 8.83. The van der Waals surface area contributed by atoms with E-state index in [9.17, 15) is 9.59 Å². The molecule has 5 heteroatoms. The Labute approximate surface area is 140 Å². The van der Waals surface area contributed by atoms with Gasteiger partial charge in [-0.3, -0.25) is 9.59 Å². The van der Waals surface area contributed by atoms with E-state index >= 15 is 0 Å². The topological polar surface area (TPSA) is 88.0 Å². The summed E-state index contributed by atoms with van der Waals surface area (Å²) in [6.07, 6.45) is 0. The molecule has 0 bridgehead atoms. The van der Waals surface area contributed by atoms with E-state index in [1.807, 2.05) is 26.0 Å². The number of carbonyl (C=O) groups is 2. The number of anilines is 2. The molecular weight excluding hydrogens is 302 g/mol. The minimum atomic E-state index is -0.207. The molecule has 0 unspecified atom stereocenters. The lowest BCUT2D eigenvalue weighted by Gasteiger charge is -2.05. The van der Waals surface area contributed by atoms with Crippen LogP contribution in [0.2, 0.25) is 0 Å². The largest absolute Gasteiger partial charge is 0.399 e. The van der Waals surface area contributed by atoms with E-state index in [0.29, 0.717) is 22.6 Å². The first-order valence-electron chi connectivity index (χ1n) is 7.83. The number of nitrogens with two attached hydrogens (primary N) is 1. The first kappa shape index (κ1) is 17.3. The molecule has 5 nitrogen and oxygen atoms in total. The number of amides is 1. The van der Waals surface area contributed by atoms with Crippen LogP contribution in [0, 0.1) is 0 Å². The molecule has 0 atom stereocenters. The predicted octanol–water partition coefficient (Wildman–Crippen LogP) is 4.23. The third-order valence-corrected chi connectivity index (χ3v) is 3.43. The molecule has 3 rings (SSSR count). The first-order chi connectivity index (χ1) is 11.5. The van der Waals surface area contributed by atoms with Gasteiger partial charge in [0.1, 0.15) is 0 Å². The molecule has 0 aliphatic rings. The van der Waals surface area contributed by atoms with E-state index in [2.05, 4.69) is 10.3 Å². The van der Waals surface area contributed by atoms with Gasteiger partial charge in [0.15, 0.2) is 5.78 Å². The Hall–Kier alpha value is -3.08. The highest BCUT2D eigenvalue weighted by molar-refractivity contribution is 6.05. The summed E-state index contributed by atoms with van der Waals surface area (Å²) in [6, 6.07) is 13.9. The molecule has 1 aromatic heterocycles. The predicted molar refractivity (Wildman–Crippen MR) is 98.5 cm³/mol. The summed E-state index contributed by atoms with van der Waals surface area (Å²) < 4.78 is 0. The van der Waals surface area contributed by atoms with Crippen molar-refractivity contribution in [1.29, 1.82) is 0 Å². The summed E-state index contributed by atoms with van der Waals surface area (Å²) >= 11 is 0. The molecule has 24 heavy (non-hydrogen) atoms. The zero-order valence-corrected chi connectivity index (χ0v) is 14.0. The molecule has 0 radical (unpaired) electrons. The number of ketones is 1. The summed E-state index contributed by atoms with van der Waals surface area (Å²) in [4.78, 5) is 26.6. The summed E-state index contributed by atoms with van der Waals surface area (Å²) in [5, 5.41) is 3.71. The van der Waals surface area contributed by atoms with Crippen LogP contribution >= 0.6 is 0 Å². The Kier molecular flexibility index (Phi) is 5.37. The van der Waals surface area contributed by atoms with Crippen molar-refractivity contribution in [3.63, 3.8) is 0 Å². The van der Waals surface area contributed by atoms with Gasteiger partial charge in [0, 0.05) is 34.8 Å². The van der Waals surface area contributed by atoms with Crippen LogP contribution in [-0.4, -0.2) is 16.7 Å². The van der Waals surface area contributed by atoms with Crippen LogP contribution in [0.3, 0.4) is 0 Å². The van der Waals surface area contributed by atoms with Gasteiger partial charge in [0.25, 0.3) is 5.91 Å². The Bertz CT molecular complexity index is 864. The second kappa shape index (κ2) is 7.46. The number of nitrogen functional groups attached to an aromatic ring is 1. The number of carbonyl (C=O) groups excluding carboxylic acids is 2. The Morgan fingerprint density at radius 3 is 2.29 bits per heavy atom. The molecule has 3 aromatic rings. The SMILES string of the molecule is CC.CC(=O)c1cc2cc(NC(=O)c3ccc(N)cc3)ccc2[nH]1. The number of rotatable bonds is 3. The number of fused-ring (bicyclic) bond motifs is 1. The van der Waals surface area contributed by atoms with Crippen LogP contribution in [0.25, 0.3) is 10.9 Å². The van der Waals surface area contributed by atoms with E-state index in [0.717, 1.165) is 10.9 Å². The number of nitrogens with one attached hydrogen (secondary N) is 2. The van der Waals surface area contributed by atoms with Crippen molar-refractivity contribution in [3.05, 3.63) is 59.8 Å². The molecule has 1 heterocycles. The molecule has 0 aliphatic heterocycles. The molecule has 1 amide bonds. The van der Waals surface area contributed by atoms with Gasteiger partial charge in [-0.15, -0.1) is 0 Å². The maximum Gasteiger partial charge on any atom is 0.255 e. The lowest BCUT2D eigenvalue weighted by atomic mass is 10.1. The smallest absolute Gasteiger partial charge is 0.255 e. The molecule has 0 aliphatic carbocycles. The van der Waals surface area contributed by atoms with Crippen molar-refractivity contribution in [2.75, 3.05) is 11.1 Å². The molecular formula is C19H21N3O2. The van der Waals surface area contributed by atoms with Gasteiger partial charge in [-0.2, -0.15) is 0 Å². The van der Waals surface area contributed by atoms with E-state index in [1.165, 1.54) is 6.92 Å². The lowest BCUT2D eigenvalue weighted by molar-refractivity contribution is 0.101. The van der Waals surface area contributed by atoms with Crippen molar-refractivity contribution in [1.82, 2.24) is 4.98 Å². The van der Waals surface area contributed by atoms with Crippen LogP contribution < -0.4 is 11.1 Å². The molecule has 0 spiro atoms. The maximum atomic E-state index is 12.2. The average Bonchev–Trinajstić information content (AvgIpc) is 3.01. The molecule has 0 saturated heterocycles. The number of Topliss-reactive ketones (excluding diaryl/α,β-unsaturated/α-hetero) is 1. The summed E-state index contributed by atoms with van der Waals surface area (Å²) in [5.74, 6) is -0.231. The zero-order chi connectivity index (χ0) is 17.7. The Balaban J connectivity index is 0.00000100. The van der Waals surface area contributed by atoms with Crippen LogP contribution in [0.5, 0.6) is 0 Å². The summed E-state index contributed by atoms with van der Waals surface area (Å²) in [6.45, 7) is 5.51. The Morgan fingerprint density at radius 2 is 1.67 bits per heavy atom. The van der Waals surface area contributed by atoms with Gasteiger partial charge in [-0.25, -0.2) is 0 Å². The monoisotopic (exact) mass is 323 g/mol. The zero-order valence-electron chi connectivity index (χ0n) is 14.0. The van der Waals surface area contributed by atoms with Crippen molar-refractivity contribution in [2.45, 2.75) is 20.8 Å². The number of benzene rings is 2. The third-order valence-electron chi connectivity index (χ3n) is 3.43. The van der Waals surface area contributed by atoms with Gasteiger partial charge in [0.05, 0.1) is 5.69 Å². The van der Waals surface area contributed by atoms with E-state index in [1.54, 1.807) is 36.4 Å². The van der Waals surface area contributed by atoms with Crippen molar-refractivity contribution >= 4 is 34.0 Å². The van der Waals surface area contributed by atoms with Crippen molar-refractivity contribution < 1.29 is 9.59 Å². The average molecular weight is 323 g/mol.